The van der Waals surface area contributed by atoms with Gasteiger partial charge in [0.25, 0.3) is 0 Å². The number of imidazole rings is 1. The summed E-state index contributed by atoms with van der Waals surface area (Å²) in [4.78, 5) is 15.0. The van der Waals surface area contributed by atoms with Crippen LogP contribution in [-0.4, -0.2) is 38.5 Å². The van der Waals surface area contributed by atoms with Gasteiger partial charge in [-0.15, -0.1) is 0 Å². The summed E-state index contributed by atoms with van der Waals surface area (Å²) in [6.07, 6.45) is 5.71. The summed E-state index contributed by atoms with van der Waals surface area (Å²) in [5.41, 5.74) is 7.98. The number of aromatic nitrogens is 4. The molecule has 0 unspecified atom stereocenters. The molecular weight excluding hydrogens is 405 g/mol. The lowest BCUT2D eigenvalue weighted by molar-refractivity contribution is -0.141. The van der Waals surface area contributed by atoms with Crippen LogP contribution in [0, 0.1) is 12.3 Å². The van der Waals surface area contributed by atoms with Gasteiger partial charge in [-0.1, -0.05) is 6.42 Å². The average Bonchev–Trinajstić information content (AvgIpc) is 3.35. The first-order valence-electron chi connectivity index (χ1n) is 10.7. The monoisotopic (exact) mass is 430 g/mol. The number of aryl methyl sites for hydroxylation is 1. The van der Waals surface area contributed by atoms with E-state index in [0.29, 0.717) is 22.5 Å². The zero-order chi connectivity index (χ0) is 21.8. The van der Waals surface area contributed by atoms with Crippen LogP contribution in [0.5, 0.6) is 0 Å². The molecule has 1 aliphatic heterocycles. The first kappa shape index (κ1) is 20.2. The Bertz CT molecular complexity index is 1110. The molecule has 3 aromatic rings. The second-order valence-corrected chi connectivity index (χ2v) is 8.77. The summed E-state index contributed by atoms with van der Waals surface area (Å²) in [6.45, 7) is 3.54. The van der Waals surface area contributed by atoms with Gasteiger partial charge in [0, 0.05) is 43.3 Å². The first-order chi connectivity index (χ1) is 14.8. The largest absolute Gasteiger partial charge is 0.433 e. The molecule has 0 bridgehead atoms. The number of hydrogen-bond donors (Lipinski definition) is 1. The first-order valence-corrected chi connectivity index (χ1v) is 10.7. The SMILES string of the molecule is Cc1nc(N2CCC3(CCC[C@H]3N)CC2)n2ccnc2c1-c1ccnc(C(F)(F)F)c1. The average molecular weight is 430 g/mol. The van der Waals surface area contributed by atoms with Gasteiger partial charge in [-0.3, -0.25) is 9.38 Å². The van der Waals surface area contributed by atoms with Crippen LogP contribution in [-0.2, 0) is 6.18 Å². The molecule has 31 heavy (non-hydrogen) atoms. The van der Waals surface area contributed by atoms with Crippen molar-refractivity contribution in [3.05, 3.63) is 42.1 Å². The molecule has 164 valence electrons. The Morgan fingerprint density at radius 2 is 1.90 bits per heavy atom. The van der Waals surface area contributed by atoms with Crippen molar-refractivity contribution in [1.29, 1.82) is 0 Å². The molecule has 1 saturated heterocycles. The maximum absolute atomic E-state index is 13.2. The Labute approximate surface area is 178 Å². The second-order valence-electron chi connectivity index (χ2n) is 8.77. The number of halogens is 3. The maximum atomic E-state index is 13.2. The fraction of sp³-hybridized carbons (Fsp3) is 0.500. The van der Waals surface area contributed by atoms with Gasteiger partial charge in [0.15, 0.2) is 0 Å². The number of piperidine rings is 1. The molecule has 3 aromatic heterocycles. The fourth-order valence-electron chi connectivity index (χ4n) is 5.31. The molecule has 1 spiro atoms. The topological polar surface area (TPSA) is 72.3 Å². The van der Waals surface area contributed by atoms with E-state index in [1.54, 1.807) is 12.3 Å². The zero-order valence-electron chi connectivity index (χ0n) is 17.4. The molecule has 2 fully saturated rings. The Morgan fingerprint density at radius 1 is 1.13 bits per heavy atom. The quantitative estimate of drug-likeness (QED) is 0.659. The molecule has 5 rings (SSSR count). The van der Waals surface area contributed by atoms with Crippen molar-refractivity contribution in [1.82, 2.24) is 19.4 Å². The van der Waals surface area contributed by atoms with Crippen LogP contribution in [0.15, 0.2) is 30.7 Å². The van der Waals surface area contributed by atoms with E-state index in [4.69, 9.17) is 10.7 Å². The summed E-state index contributed by atoms with van der Waals surface area (Å²) in [6, 6.07) is 2.90. The van der Waals surface area contributed by atoms with Crippen LogP contribution in [0.1, 0.15) is 43.5 Å². The lowest BCUT2D eigenvalue weighted by Gasteiger charge is -2.42. The van der Waals surface area contributed by atoms with Gasteiger partial charge in [0.2, 0.25) is 5.95 Å². The fourth-order valence-corrected chi connectivity index (χ4v) is 5.31. The smallest absolute Gasteiger partial charge is 0.342 e. The van der Waals surface area contributed by atoms with Gasteiger partial charge < -0.3 is 10.6 Å². The Morgan fingerprint density at radius 3 is 2.58 bits per heavy atom. The number of hydrogen-bond acceptors (Lipinski definition) is 5. The molecule has 9 heteroatoms. The van der Waals surface area contributed by atoms with Crippen LogP contribution < -0.4 is 10.6 Å². The van der Waals surface area contributed by atoms with Crippen molar-refractivity contribution < 1.29 is 13.2 Å². The van der Waals surface area contributed by atoms with Gasteiger partial charge in [-0.05, 0) is 55.7 Å². The Hall–Kier alpha value is -2.68. The van der Waals surface area contributed by atoms with Gasteiger partial charge in [-0.2, -0.15) is 13.2 Å². The van der Waals surface area contributed by atoms with E-state index in [-0.39, 0.29) is 11.5 Å². The van der Waals surface area contributed by atoms with Crippen molar-refractivity contribution in [2.24, 2.45) is 11.1 Å². The molecule has 1 aliphatic carbocycles. The normalized spacial score (nSPS) is 21.3. The summed E-state index contributed by atoms with van der Waals surface area (Å²) in [5, 5.41) is 0. The minimum atomic E-state index is -4.51. The second kappa shape index (κ2) is 7.19. The minimum Gasteiger partial charge on any atom is -0.342 e. The summed E-state index contributed by atoms with van der Waals surface area (Å²) in [5.74, 6) is 0.778. The third kappa shape index (κ3) is 3.35. The number of pyridine rings is 1. The van der Waals surface area contributed by atoms with Gasteiger partial charge in [0.1, 0.15) is 11.3 Å². The van der Waals surface area contributed by atoms with Crippen molar-refractivity contribution in [2.45, 2.75) is 51.2 Å². The highest BCUT2D eigenvalue weighted by molar-refractivity contribution is 5.80. The predicted octanol–water partition coefficient (Wildman–Crippen LogP) is 4.22. The van der Waals surface area contributed by atoms with E-state index in [2.05, 4.69) is 14.9 Å². The molecule has 0 radical (unpaired) electrons. The van der Waals surface area contributed by atoms with Gasteiger partial charge >= 0.3 is 6.18 Å². The molecule has 0 aromatic carbocycles. The Kier molecular flexibility index (Phi) is 4.69. The van der Waals surface area contributed by atoms with Crippen molar-refractivity contribution >= 4 is 11.6 Å². The van der Waals surface area contributed by atoms with Gasteiger partial charge in [-0.25, -0.2) is 9.97 Å². The lowest BCUT2D eigenvalue weighted by Crippen LogP contribution is -2.47. The summed E-state index contributed by atoms with van der Waals surface area (Å²) < 4.78 is 41.4. The zero-order valence-corrected chi connectivity index (χ0v) is 17.4. The molecular formula is C22H25F3N6. The molecule has 1 atom stereocenters. The minimum absolute atomic E-state index is 0.241. The van der Waals surface area contributed by atoms with Crippen LogP contribution in [0.3, 0.4) is 0 Å². The number of rotatable bonds is 2. The third-order valence-electron chi connectivity index (χ3n) is 7.07. The molecule has 2 N–H and O–H groups in total. The number of anilines is 1. The van der Waals surface area contributed by atoms with Crippen LogP contribution >= 0.6 is 0 Å². The highest BCUT2D eigenvalue weighted by Gasteiger charge is 2.43. The van der Waals surface area contributed by atoms with E-state index < -0.39 is 11.9 Å². The standard InChI is InChI=1S/C22H25F3N6/c1-14-18(15-4-8-27-17(13-15)22(23,24)25)19-28-9-12-31(19)20(29-14)30-10-6-21(7-11-30)5-2-3-16(21)26/h4,8-9,12-13,16H,2-3,5-7,10-11,26H2,1H3/t16-/m1/s1. The highest BCUT2D eigenvalue weighted by Crippen LogP contribution is 2.46. The Balaban J connectivity index is 1.52. The van der Waals surface area contributed by atoms with Crippen molar-refractivity contribution in [3.8, 4) is 11.1 Å². The highest BCUT2D eigenvalue weighted by atomic mass is 19.4. The van der Waals surface area contributed by atoms with E-state index in [1.807, 2.05) is 17.5 Å². The number of nitrogens with zero attached hydrogens (tertiary/aromatic N) is 5. The molecule has 1 saturated carbocycles. The van der Waals surface area contributed by atoms with Crippen LogP contribution in [0.25, 0.3) is 16.8 Å². The van der Waals surface area contributed by atoms with Crippen LogP contribution in [0.2, 0.25) is 0 Å². The van der Waals surface area contributed by atoms with E-state index in [0.717, 1.165) is 44.4 Å². The molecule has 6 nitrogen and oxygen atoms in total. The van der Waals surface area contributed by atoms with Crippen LogP contribution in [0.4, 0.5) is 19.1 Å². The predicted molar refractivity (Wildman–Crippen MR) is 112 cm³/mol. The molecule has 4 heterocycles. The van der Waals surface area contributed by atoms with E-state index in [1.165, 1.54) is 19.0 Å². The number of fused-ring (bicyclic) bond motifs is 1. The van der Waals surface area contributed by atoms with Crippen molar-refractivity contribution in [2.75, 3.05) is 18.0 Å². The van der Waals surface area contributed by atoms with Gasteiger partial charge in [0.05, 0.1) is 5.69 Å². The summed E-state index contributed by atoms with van der Waals surface area (Å²) in [7, 11) is 0. The van der Waals surface area contributed by atoms with E-state index in [9.17, 15) is 13.2 Å². The lowest BCUT2D eigenvalue weighted by atomic mass is 9.74. The summed E-state index contributed by atoms with van der Waals surface area (Å²) >= 11 is 0. The molecule has 2 aliphatic rings. The molecule has 0 amide bonds. The number of alkyl halides is 3. The number of nitrogens with two attached hydrogens (primary N) is 1. The maximum Gasteiger partial charge on any atom is 0.433 e. The van der Waals surface area contributed by atoms with E-state index >= 15 is 0 Å². The third-order valence-corrected chi connectivity index (χ3v) is 7.07. The van der Waals surface area contributed by atoms with Crippen molar-refractivity contribution in [3.63, 3.8) is 0 Å².